The molecule has 0 unspecified atom stereocenters. The molecule has 0 radical (unpaired) electrons. The van der Waals surface area contributed by atoms with Crippen molar-refractivity contribution in [3.63, 3.8) is 0 Å². The number of rotatable bonds is 3. The van der Waals surface area contributed by atoms with E-state index in [1.165, 1.54) is 7.11 Å². The molecule has 1 aromatic carbocycles. The molecule has 2 rings (SSSR count). The van der Waals surface area contributed by atoms with Gasteiger partial charge in [0, 0.05) is 6.54 Å². The molecule has 0 N–H and O–H groups in total. The zero-order valence-corrected chi connectivity index (χ0v) is 10.4. The normalized spacial score (nSPS) is 21.2. The predicted octanol–water partition coefficient (Wildman–Crippen LogP) is 1.89. The average molecular weight is 244 g/mol. The molecule has 0 amide bonds. The minimum absolute atomic E-state index is 0.247. The maximum Gasteiger partial charge on any atom is 0.323 e. The first-order chi connectivity index (χ1) is 8.77. The lowest BCUT2D eigenvalue weighted by Crippen LogP contribution is -2.39. The highest BCUT2D eigenvalue weighted by atomic mass is 16.5. The molecule has 1 aromatic rings. The molecule has 0 aromatic heterocycles. The summed E-state index contributed by atoms with van der Waals surface area (Å²) in [6.45, 7) is 0.757. The lowest BCUT2D eigenvalue weighted by Gasteiger charge is -2.27. The lowest BCUT2D eigenvalue weighted by molar-refractivity contribution is -0.146. The van der Waals surface area contributed by atoms with E-state index < -0.39 is 0 Å². The molecular weight excluding hydrogens is 228 g/mol. The molecule has 94 valence electrons. The maximum atomic E-state index is 11.7. The van der Waals surface area contributed by atoms with Gasteiger partial charge in [0.05, 0.1) is 13.2 Å². The molecule has 1 aliphatic rings. The fourth-order valence-corrected chi connectivity index (χ4v) is 2.46. The maximum absolute atomic E-state index is 11.7. The first-order valence-corrected chi connectivity index (χ1v) is 6.06. The first-order valence-electron chi connectivity index (χ1n) is 6.06. The molecule has 0 bridgehead atoms. The van der Waals surface area contributed by atoms with Crippen LogP contribution in [0, 0.1) is 11.3 Å². The number of carbonyl (C=O) groups excluding carboxylic acids is 1. The number of methoxy groups -OCH3 is 1. The van der Waals surface area contributed by atoms with Gasteiger partial charge in [0.15, 0.2) is 0 Å². The highest BCUT2D eigenvalue weighted by Crippen LogP contribution is 2.29. The van der Waals surface area contributed by atoms with Crippen molar-refractivity contribution in [3.8, 4) is 6.07 Å². The minimum Gasteiger partial charge on any atom is -0.468 e. The zero-order valence-electron chi connectivity index (χ0n) is 10.4. The number of likely N-dealkylation sites (tertiary alicyclic amines) is 1. The zero-order chi connectivity index (χ0) is 13.0. The highest BCUT2D eigenvalue weighted by molar-refractivity contribution is 5.76. The van der Waals surface area contributed by atoms with Crippen molar-refractivity contribution in [2.45, 2.75) is 24.9 Å². The van der Waals surface area contributed by atoms with Gasteiger partial charge in [0.1, 0.15) is 12.1 Å². The van der Waals surface area contributed by atoms with Gasteiger partial charge in [0.25, 0.3) is 0 Å². The van der Waals surface area contributed by atoms with E-state index in [9.17, 15) is 10.1 Å². The van der Waals surface area contributed by atoms with Crippen LogP contribution in [0.1, 0.15) is 24.4 Å². The van der Waals surface area contributed by atoms with Crippen molar-refractivity contribution in [3.05, 3.63) is 35.9 Å². The number of carbonyl (C=O) groups is 1. The molecule has 0 aliphatic carbocycles. The van der Waals surface area contributed by atoms with E-state index in [1.807, 2.05) is 35.2 Å². The third-order valence-electron chi connectivity index (χ3n) is 3.34. The monoisotopic (exact) mass is 244 g/mol. The molecule has 0 saturated carbocycles. The van der Waals surface area contributed by atoms with Gasteiger partial charge in [-0.15, -0.1) is 0 Å². The summed E-state index contributed by atoms with van der Waals surface area (Å²) in [5.74, 6) is -0.247. The minimum atomic E-state index is -0.377. The third kappa shape index (κ3) is 2.36. The summed E-state index contributed by atoms with van der Waals surface area (Å²) in [6.07, 6.45) is 1.68. The van der Waals surface area contributed by atoms with E-state index in [4.69, 9.17) is 4.74 Å². The Morgan fingerprint density at radius 3 is 2.83 bits per heavy atom. The highest BCUT2D eigenvalue weighted by Gasteiger charge is 2.36. The molecule has 2 atom stereocenters. The van der Waals surface area contributed by atoms with Gasteiger partial charge in [-0.1, -0.05) is 30.3 Å². The number of benzene rings is 1. The summed E-state index contributed by atoms with van der Waals surface area (Å²) in [5, 5.41) is 9.37. The van der Waals surface area contributed by atoms with Crippen LogP contribution >= 0.6 is 0 Å². The van der Waals surface area contributed by atoms with E-state index in [2.05, 4.69) is 6.07 Å². The van der Waals surface area contributed by atoms with Crippen LogP contribution < -0.4 is 0 Å². The van der Waals surface area contributed by atoms with Gasteiger partial charge < -0.3 is 4.74 Å². The summed E-state index contributed by atoms with van der Waals surface area (Å²) in [7, 11) is 1.39. The average Bonchev–Trinajstić information content (AvgIpc) is 2.89. The summed E-state index contributed by atoms with van der Waals surface area (Å²) in [6, 6.07) is 11.2. The fraction of sp³-hybridized carbons (Fsp3) is 0.429. The van der Waals surface area contributed by atoms with Crippen LogP contribution in [0.25, 0.3) is 0 Å². The first kappa shape index (κ1) is 12.6. The molecule has 1 fully saturated rings. The Labute approximate surface area is 107 Å². The van der Waals surface area contributed by atoms with Crippen molar-refractivity contribution in [1.82, 2.24) is 4.90 Å². The van der Waals surface area contributed by atoms with E-state index in [0.29, 0.717) is 0 Å². The van der Waals surface area contributed by atoms with Crippen LogP contribution in [0.5, 0.6) is 0 Å². The topological polar surface area (TPSA) is 53.3 Å². The Kier molecular flexibility index (Phi) is 3.96. The number of hydrogen-bond donors (Lipinski definition) is 0. The van der Waals surface area contributed by atoms with Gasteiger partial charge in [0.2, 0.25) is 0 Å². The summed E-state index contributed by atoms with van der Waals surface area (Å²) < 4.78 is 4.80. The molecule has 1 heterocycles. The molecular formula is C14H16N2O2. The van der Waals surface area contributed by atoms with Crippen LogP contribution in [-0.4, -0.2) is 30.6 Å². The van der Waals surface area contributed by atoms with Gasteiger partial charge in [-0.25, -0.2) is 0 Å². The molecule has 0 spiro atoms. The fourth-order valence-electron chi connectivity index (χ4n) is 2.46. The lowest BCUT2D eigenvalue weighted by atomic mass is 10.1. The number of nitriles is 1. The smallest absolute Gasteiger partial charge is 0.323 e. The van der Waals surface area contributed by atoms with Gasteiger partial charge in [-0.3, -0.25) is 9.69 Å². The Bertz CT molecular complexity index is 453. The third-order valence-corrected chi connectivity index (χ3v) is 3.34. The standard InChI is InChI=1S/C14H16N2O2/c1-18-14(17)12-8-5-9-16(12)13(10-15)11-6-3-2-4-7-11/h2-4,6-7,12-13H,5,8-9H2,1H3/t12-,13-/m0/s1. The van der Waals surface area contributed by atoms with Gasteiger partial charge in [-0.2, -0.15) is 5.26 Å². The van der Waals surface area contributed by atoms with Crippen molar-refractivity contribution in [2.75, 3.05) is 13.7 Å². The summed E-state index contributed by atoms with van der Waals surface area (Å²) in [5.41, 5.74) is 0.927. The Morgan fingerprint density at radius 1 is 1.50 bits per heavy atom. The van der Waals surface area contributed by atoms with Crippen LogP contribution in [0.4, 0.5) is 0 Å². The van der Waals surface area contributed by atoms with Gasteiger partial charge in [-0.05, 0) is 18.4 Å². The van der Waals surface area contributed by atoms with Crippen molar-refractivity contribution in [1.29, 1.82) is 5.26 Å². The van der Waals surface area contributed by atoms with Crippen molar-refractivity contribution in [2.24, 2.45) is 0 Å². The Balaban J connectivity index is 2.23. The number of hydrogen-bond acceptors (Lipinski definition) is 4. The molecule has 18 heavy (non-hydrogen) atoms. The van der Waals surface area contributed by atoms with Crippen LogP contribution in [0.3, 0.4) is 0 Å². The SMILES string of the molecule is COC(=O)[C@@H]1CCCN1[C@@H](C#N)c1ccccc1. The number of nitrogens with zero attached hydrogens (tertiary/aromatic N) is 2. The van der Waals surface area contributed by atoms with Crippen LogP contribution in [0.15, 0.2) is 30.3 Å². The molecule has 4 nitrogen and oxygen atoms in total. The number of esters is 1. The van der Waals surface area contributed by atoms with E-state index in [0.717, 1.165) is 24.9 Å². The molecule has 1 saturated heterocycles. The number of ether oxygens (including phenoxy) is 1. The quantitative estimate of drug-likeness (QED) is 0.762. The van der Waals surface area contributed by atoms with E-state index in [1.54, 1.807) is 0 Å². The van der Waals surface area contributed by atoms with Crippen LogP contribution in [0.2, 0.25) is 0 Å². The van der Waals surface area contributed by atoms with E-state index in [-0.39, 0.29) is 18.1 Å². The van der Waals surface area contributed by atoms with E-state index >= 15 is 0 Å². The van der Waals surface area contributed by atoms with Crippen molar-refractivity contribution < 1.29 is 9.53 Å². The Morgan fingerprint density at radius 2 is 2.22 bits per heavy atom. The summed E-state index contributed by atoms with van der Waals surface area (Å²) >= 11 is 0. The molecule has 4 heteroatoms. The summed E-state index contributed by atoms with van der Waals surface area (Å²) in [4.78, 5) is 13.6. The van der Waals surface area contributed by atoms with Crippen LogP contribution in [-0.2, 0) is 9.53 Å². The second kappa shape index (κ2) is 5.65. The Hall–Kier alpha value is -1.86. The van der Waals surface area contributed by atoms with Crippen molar-refractivity contribution >= 4 is 5.97 Å². The van der Waals surface area contributed by atoms with Gasteiger partial charge >= 0.3 is 5.97 Å². The second-order valence-corrected chi connectivity index (χ2v) is 4.36. The second-order valence-electron chi connectivity index (χ2n) is 4.36. The predicted molar refractivity (Wildman–Crippen MR) is 66.5 cm³/mol. The molecule has 1 aliphatic heterocycles. The largest absolute Gasteiger partial charge is 0.468 e.